The number of ether oxygens (including phenoxy) is 1. The molecule has 2 rings (SSSR count). The van der Waals surface area contributed by atoms with Crippen LogP contribution in [-0.2, 0) is 0 Å². The maximum Gasteiger partial charge on any atom is 0.171 e. The van der Waals surface area contributed by atoms with Crippen LogP contribution >= 0.6 is 12.2 Å². The van der Waals surface area contributed by atoms with Crippen molar-refractivity contribution in [2.45, 2.75) is 39.0 Å². The molecular weight excluding hydrogens is 306 g/mol. The second kappa shape index (κ2) is 9.30. The summed E-state index contributed by atoms with van der Waals surface area (Å²) in [6.45, 7) is 3.13. The molecule has 5 heteroatoms. The van der Waals surface area contributed by atoms with E-state index in [-0.39, 0.29) is 0 Å². The minimum Gasteiger partial charge on any atom is -0.497 e. The van der Waals surface area contributed by atoms with Crippen molar-refractivity contribution < 1.29 is 4.74 Å². The highest BCUT2D eigenvalue weighted by Crippen LogP contribution is 2.20. The third kappa shape index (κ3) is 5.67. The Morgan fingerprint density at radius 2 is 1.96 bits per heavy atom. The number of pyridine rings is 1. The summed E-state index contributed by atoms with van der Waals surface area (Å²) in [6.07, 6.45) is 6.28. The van der Waals surface area contributed by atoms with Gasteiger partial charge in [-0.25, -0.2) is 4.98 Å². The predicted molar refractivity (Wildman–Crippen MR) is 101 cm³/mol. The Balaban J connectivity index is 1.82. The first-order valence-corrected chi connectivity index (χ1v) is 8.63. The first kappa shape index (κ1) is 17.5. The number of nitrogens with one attached hydrogen (secondary N) is 2. The lowest BCUT2D eigenvalue weighted by Crippen LogP contribution is -2.29. The zero-order chi connectivity index (χ0) is 16.5. The number of fused-ring (bicyclic) bond motifs is 1. The van der Waals surface area contributed by atoms with E-state index >= 15 is 0 Å². The van der Waals surface area contributed by atoms with Crippen molar-refractivity contribution >= 4 is 34.1 Å². The molecule has 0 saturated heterocycles. The summed E-state index contributed by atoms with van der Waals surface area (Å²) in [5, 5.41) is 8.05. The number of unbranched alkanes of at least 4 members (excludes halogenated alkanes) is 4. The average Bonchev–Trinajstić information content (AvgIpc) is 2.57. The van der Waals surface area contributed by atoms with E-state index in [1.165, 1.54) is 25.7 Å². The number of hydrogen-bond acceptors (Lipinski definition) is 3. The summed E-state index contributed by atoms with van der Waals surface area (Å²) >= 11 is 5.32. The second-order valence-corrected chi connectivity index (χ2v) is 5.96. The predicted octanol–water partition coefficient (Wildman–Crippen LogP) is 4.50. The maximum atomic E-state index is 5.32. The van der Waals surface area contributed by atoms with Gasteiger partial charge in [0.1, 0.15) is 11.6 Å². The number of aromatic nitrogens is 1. The largest absolute Gasteiger partial charge is 0.497 e. The van der Waals surface area contributed by atoms with Crippen LogP contribution in [0.4, 0.5) is 5.82 Å². The SMILES string of the molecule is CCCCCCCNC(=S)Nc1ccc2cc(OC)ccc2n1. The molecule has 0 fully saturated rings. The van der Waals surface area contributed by atoms with E-state index < -0.39 is 0 Å². The zero-order valence-electron chi connectivity index (χ0n) is 13.9. The lowest BCUT2D eigenvalue weighted by atomic mass is 10.1. The smallest absolute Gasteiger partial charge is 0.171 e. The molecule has 0 aliphatic rings. The minimum atomic E-state index is 0.626. The van der Waals surface area contributed by atoms with Crippen LogP contribution in [0.5, 0.6) is 5.75 Å². The molecule has 0 unspecified atom stereocenters. The summed E-state index contributed by atoms with van der Waals surface area (Å²) in [5.41, 5.74) is 0.915. The Morgan fingerprint density at radius 1 is 1.13 bits per heavy atom. The fourth-order valence-electron chi connectivity index (χ4n) is 2.39. The van der Waals surface area contributed by atoms with Crippen LogP contribution in [0, 0.1) is 0 Å². The van der Waals surface area contributed by atoms with Gasteiger partial charge in [0, 0.05) is 11.9 Å². The Labute approximate surface area is 143 Å². The van der Waals surface area contributed by atoms with Gasteiger partial charge in [-0.15, -0.1) is 0 Å². The highest BCUT2D eigenvalue weighted by Gasteiger charge is 2.02. The number of thiocarbonyl (C=S) groups is 1. The molecule has 0 radical (unpaired) electrons. The highest BCUT2D eigenvalue weighted by molar-refractivity contribution is 7.80. The second-order valence-electron chi connectivity index (χ2n) is 5.55. The average molecular weight is 331 g/mol. The van der Waals surface area contributed by atoms with Gasteiger partial charge in [-0.3, -0.25) is 0 Å². The highest BCUT2D eigenvalue weighted by atomic mass is 32.1. The number of hydrogen-bond donors (Lipinski definition) is 2. The quantitative estimate of drug-likeness (QED) is 0.551. The molecule has 1 aromatic carbocycles. The van der Waals surface area contributed by atoms with Gasteiger partial charge in [0.25, 0.3) is 0 Å². The van der Waals surface area contributed by atoms with Gasteiger partial charge in [0.05, 0.1) is 12.6 Å². The van der Waals surface area contributed by atoms with Crippen LogP contribution in [-0.4, -0.2) is 23.8 Å². The van der Waals surface area contributed by atoms with E-state index in [1.54, 1.807) is 7.11 Å². The molecule has 0 saturated carbocycles. The van der Waals surface area contributed by atoms with Gasteiger partial charge in [-0.1, -0.05) is 32.6 Å². The molecule has 23 heavy (non-hydrogen) atoms. The van der Waals surface area contributed by atoms with Crippen LogP contribution in [0.3, 0.4) is 0 Å². The summed E-state index contributed by atoms with van der Waals surface area (Å²) in [6, 6.07) is 9.77. The van der Waals surface area contributed by atoms with Gasteiger partial charge in [-0.2, -0.15) is 0 Å². The third-order valence-electron chi connectivity index (χ3n) is 3.70. The van der Waals surface area contributed by atoms with E-state index in [0.29, 0.717) is 5.11 Å². The number of anilines is 1. The number of methoxy groups -OCH3 is 1. The molecule has 1 aromatic heterocycles. The zero-order valence-corrected chi connectivity index (χ0v) is 14.7. The van der Waals surface area contributed by atoms with Crippen molar-refractivity contribution in [1.29, 1.82) is 0 Å². The van der Waals surface area contributed by atoms with Crippen LogP contribution in [0.15, 0.2) is 30.3 Å². The fraction of sp³-hybridized carbons (Fsp3) is 0.444. The van der Waals surface area contributed by atoms with Gasteiger partial charge in [-0.05, 0) is 49.0 Å². The molecule has 124 valence electrons. The number of nitrogens with zero attached hydrogens (tertiary/aromatic N) is 1. The molecule has 0 spiro atoms. The lowest BCUT2D eigenvalue weighted by Gasteiger charge is -2.10. The van der Waals surface area contributed by atoms with Crippen LogP contribution in [0.25, 0.3) is 10.9 Å². The maximum absolute atomic E-state index is 5.32. The van der Waals surface area contributed by atoms with Crippen molar-refractivity contribution in [2.24, 2.45) is 0 Å². The molecule has 2 N–H and O–H groups in total. The Kier molecular flexibility index (Phi) is 7.07. The van der Waals surface area contributed by atoms with Crippen LogP contribution in [0.1, 0.15) is 39.0 Å². The Hall–Kier alpha value is -1.88. The molecule has 1 heterocycles. The van der Waals surface area contributed by atoms with Crippen molar-refractivity contribution in [3.8, 4) is 5.75 Å². The van der Waals surface area contributed by atoms with Crippen molar-refractivity contribution in [3.05, 3.63) is 30.3 Å². The Bertz CT molecular complexity index is 645. The van der Waals surface area contributed by atoms with E-state index in [9.17, 15) is 0 Å². The normalized spacial score (nSPS) is 10.5. The van der Waals surface area contributed by atoms with Crippen molar-refractivity contribution in [1.82, 2.24) is 10.3 Å². The van der Waals surface area contributed by atoms with Crippen molar-refractivity contribution in [3.63, 3.8) is 0 Å². The van der Waals surface area contributed by atoms with Gasteiger partial charge in [0.15, 0.2) is 5.11 Å². The number of rotatable bonds is 8. The molecular formula is C18H25N3OS. The van der Waals surface area contributed by atoms with Gasteiger partial charge >= 0.3 is 0 Å². The third-order valence-corrected chi connectivity index (χ3v) is 3.95. The fourth-order valence-corrected chi connectivity index (χ4v) is 2.60. The molecule has 0 atom stereocenters. The van der Waals surface area contributed by atoms with Crippen LogP contribution in [0.2, 0.25) is 0 Å². The molecule has 0 bridgehead atoms. The molecule has 0 aliphatic heterocycles. The van der Waals surface area contributed by atoms with Gasteiger partial charge in [0.2, 0.25) is 0 Å². The topological polar surface area (TPSA) is 46.2 Å². The lowest BCUT2D eigenvalue weighted by molar-refractivity contribution is 0.415. The van der Waals surface area contributed by atoms with E-state index in [1.807, 2.05) is 30.3 Å². The number of benzene rings is 1. The van der Waals surface area contributed by atoms with Crippen LogP contribution < -0.4 is 15.4 Å². The van der Waals surface area contributed by atoms with Gasteiger partial charge < -0.3 is 15.4 Å². The van der Waals surface area contributed by atoms with Crippen molar-refractivity contribution in [2.75, 3.05) is 19.0 Å². The first-order valence-electron chi connectivity index (χ1n) is 8.22. The molecule has 0 amide bonds. The summed E-state index contributed by atoms with van der Waals surface area (Å²) < 4.78 is 5.22. The minimum absolute atomic E-state index is 0.626. The van der Waals surface area contributed by atoms with E-state index in [2.05, 4.69) is 22.5 Å². The molecule has 0 aliphatic carbocycles. The van der Waals surface area contributed by atoms with E-state index in [0.717, 1.165) is 35.4 Å². The summed E-state index contributed by atoms with van der Waals surface area (Å²) in [4.78, 5) is 4.57. The molecule has 4 nitrogen and oxygen atoms in total. The Morgan fingerprint density at radius 3 is 2.74 bits per heavy atom. The first-order chi connectivity index (χ1) is 11.2. The summed E-state index contributed by atoms with van der Waals surface area (Å²) in [7, 11) is 1.66. The monoisotopic (exact) mass is 331 g/mol. The standard InChI is InChI=1S/C18H25N3OS/c1-3-4-5-6-7-12-19-18(23)21-17-11-8-14-13-15(22-2)9-10-16(14)20-17/h8-11,13H,3-7,12H2,1-2H3,(H2,19,20,21,23). The van der Waals surface area contributed by atoms with E-state index in [4.69, 9.17) is 17.0 Å². The summed E-state index contributed by atoms with van der Waals surface area (Å²) in [5.74, 6) is 1.59. The molecule has 2 aromatic rings.